The minimum absolute atomic E-state index is 0.121. The molecule has 0 bridgehead atoms. The Hall–Kier alpha value is -0.190. The number of ether oxygens (including phenoxy) is 1. The van der Waals surface area contributed by atoms with E-state index in [2.05, 4.69) is 22.0 Å². The second kappa shape index (κ2) is 5.94. The van der Waals surface area contributed by atoms with E-state index >= 15 is 0 Å². The zero-order valence-electron chi connectivity index (χ0n) is 9.92. The van der Waals surface area contributed by atoms with Crippen molar-refractivity contribution >= 4 is 27.7 Å². The SMILES string of the molecule is COc1ccc(Br)cc1CSCC(C)(C)N. The maximum atomic E-state index is 5.94. The molecule has 0 saturated carbocycles. The zero-order valence-corrected chi connectivity index (χ0v) is 12.3. The van der Waals surface area contributed by atoms with Crippen LogP contribution in [-0.4, -0.2) is 18.4 Å². The van der Waals surface area contributed by atoms with Crippen LogP contribution in [0, 0.1) is 0 Å². The van der Waals surface area contributed by atoms with Crippen LogP contribution in [0.1, 0.15) is 19.4 Å². The summed E-state index contributed by atoms with van der Waals surface area (Å²) in [4.78, 5) is 0. The first-order chi connectivity index (χ1) is 7.42. The molecule has 0 aliphatic heterocycles. The molecule has 4 heteroatoms. The van der Waals surface area contributed by atoms with Gasteiger partial charge in [-0.25, -0.2) is 0 Å². The summed E-state index contributed by atoms with van der Waals surface area (Å²) in [7, 11) is 1.70. The molecule has 90 valence electrons. The van der Waals surface area contributed by atoms with Gasteiger partial charge in [0.1, 0.15) is 5.75 Å². The number of halogens is 1. The lowest BCUT2D eigenvalue weighted by molar-refractivity contribution is 0.411. The highest BCUT2D eigenvalue weighted by Gasteiger charge is 2.11. The molecular formula is C12H18BrNOS. The zero-order chi connectivity index (χ0) is 12.2. The van der Waals surface area contributed by atoms with Gasteiger partial charge in [-0.15, -0.1) is 0 Å². The Balaban J connectivity index is 2.62. The average molecular weight is 304 g/mol. The predicted molar refractivity (Wildman–Crippen MR) is 75.1 cm³/mol. The summed E-state index contributed by atoms with van der Waals surface area (Å²) in [6.45, 7) is 4.08. The average Bonchev–Trinajstić information content (AvgIpc) is 2.16. The van der Waals surface area contributed by atoms with Crippen LogP contribution in [0.2, 0.25) is 0 Å². The second-order valence-corrected chi connectivity index (χ2v) is 6.34. The molecule has 0 saturated heterocycles. The first-order valence-electron chi connectivity index (χ1n) is 5.11. The van der Waals surface area contributed by atoms with E-state index in [1.165, 1.54) is 5.56 Å². The minimum Gasteiger partial charge on any atom is -0.496 e. The second-order valence-electron chi connectivity index (χ2n) is 4.44. The first kappa shape index (κ1) is 13.9. The van der Waals surface area contributed by atoms with Crippen molar-refractivity contribution in [1.82, 2.24) is 0 Å². The van der Waals surface area contributed by atoms with Crippen molar-refractivity contribution in [3.8, 4) is 5.75 Å². The van der Waals surface area contributed by atoms with Gasteiger partial charge < -0.3 is 10.5 Å². The molecule has 0 amide bonds. The Morgan fingerprint density at radius 3 is 2.69 bits per heavy atom. The van der Waals surface area contributed by atoms with Crippen LogP contribution in [-0.2, 0) is 5.75 Å². The van der Waals surface area contributed by atoms with E-state index in [-0.39, 0.29) is 5.54 Å². The van der Waals surface area contributed by atoms with Crippen LogP contribution in [0.5, 0.6) is 5.75 Å². The molecular weight excluding hydrogens is 286 g/mol. The predicted octanol–water partition coefficient (Wildman–Crippen LogP) is 3.43. The third kappa shape index (κ3) is 4.76. The molecule has 0 aliphatic carbocycles. The molecule has 0 atom stereocenters. The maximum Gasteiger partial charge on any atom is 0.122 e. The van der Waals surface area contributed by atoms with Crippen LogP contribution < -0.4 is 10.5 Å². The van der Waals surface area contributed by atoms with E-state index in [0.717, 1.165) is 21.7 Å². The fraction of sp³-hybridized carbons (Fsp3) is 0.500. The lowest BCUT2D eigenvalue weighted by atomic mass is 10.1. The van der Waals surface area contributed by atoms with Gasteiger partial charge in [-0.1, -0.05) is 15.9 Å². The van der Waals surface area contributed by atoms with Gasteiger partial charge in [0, 0.05) is 27.1 Å². The topological polar surface area (TPSA) is 35.2 Å². The van der Waals surface area contributed by atoms with Gasteiger partial charge in [0.25, 0.3) is 0 Å². The molecule has 16 heavy (non-hydrogen) atoms. The van der Waals surface area contributed by atoms with Crippen LogP contribution in [0.4, 0.5) is 0 Å². The molecule has 1 aromatic rings. The molecule has 0 aliphatic rings. The summed E-state index contributed by atoms with van der Waals surface area (Å²) in [6, 6.07) is 6.06. The maximum absolute atomic E-state index is 5.94. The van der Waals surface area contributed by atoms with Crippen molar-refractivity contribution < 1.29 is 4.74 Å². The van der Waals surface area contributed by atoms with Gasteiger partial charge in [0.2, 0.25) is 0 Å². The van der Waals surface area contributed by atoms with Gasteiger partial charge in [-0.05, 0) is 32.0 Å². The fourth-order valence-electron chi connectivity index (χ4n) is 1.28. The van der Waals surface area contributed by atoms with Crippen molar-refractivity contribution in [1.29, 1.82) is 0 Å². The molecule has 1 rings (SSSR count). The molecule has 1 aromatic carbocycles. The summed E-state index contributed by atoms with van der Waals surface area (Å²) in [5, 5.41) is 0. The first-order valence-corrected chi connectivity index (χ1v) is 7.06. The molecule has 0 spiro atoms. The molecule has 0 heterocycles. The van der Waals surface area contributed by atoms with E-state index < -0.39 is 0 Å². The summed E-state index contributed by atoms with van der Waals surface area (Å²) in [5.41, 5.74) is 7.02. The normalized spacial score (nSPS) is 11.6. The molecule has 2 nitrogen and oxygen atoms in total. The highest BCUT2D eigenvalue weighted by atomic mass is 79.9. The highest BCUT2D eigenvalue weighted by molar-refractivity contribution is 9.10. The molecule has 0 radical (unpaired) electrons. The van der Waals surface area contributed by atoms with E-state index in [1.807, 2.05) is 37.7 Å². The third-order valence-corrected chi connectivity index (χ3v) is 3.93. The van der Waals surface area contributed by atoms with Gasteiger partial charge >= 0.3 is 0 Å². The number of benzene rings is 1. The summed E-state index contributed by atoms with van der Waals surface area (Å²) in [5.74, 6) is 2.79. The number of nitrogens with two attached hydrogens (primary N) is 1. The Labute approximate surface area is 110 Å². The van der Waals surface area contributed by atoms with Crippen LogP contribution in [0.3, 0.4) is 0 Å². The highest BCUT2D eigenvalue weighted by Crippen LogP contribution is 2.27. The van der Waals surface area contributed by atoms with E-state index in [4.69, 9.17) is 10.5 Å². The molecule has 2 N–H and O–H groups in total. The lowest BCUT2D eigenvalue weighted by Gasteiger charge is -2.18. The van der Waals surface area contributed by atoms with Crippen molar-refractivity contribution in [2.75, 3.05) is 12.9 Å². The minimum atomic E-state index is -0.121. The molecule has 0 fully saturated rings. The van der Waals surface area contributed by atoms with Crippen molar-refractivity contribution in [3.63, 3.8) is 0 Å². The third-order valence-electron chi connectivity index (χ3n) is 1.97. The number of hydrogen-bond acceptors (Lipinski definition) is 3. The smallest absolute Gasteiger partial charge is 0.122 e. The van der Waals surface area contributed by atoms with Crippen molar-refractivity contribution in [2.24, 2.45) is 5.73 Å². The van der Waals surface area contributed by atoms with Crippen molar-refractivity contribution in [3.05, 3.63) is 28.2 Å². The van der Waals surface area contributed by atoms with E-state index in [0.29, 0.717) is 0 Å². The lowest BCUT2D eigenvalue weighted by Crippen LogP contribution is -2.34. The van der Waals surface area contributed by atoms with E-state index in [9.17, 15) is 0 Å². The standard InChI is InChI=1S/C12H18BrNOS/c1-12(2,14)8-16-7-9-6-10(13)4-5-11(9)15-3/h4-6H,7-8,14H2,1-3H3. The monoisotopic (exact) mass is 303 g/mol. The fourth-order valence-corrected chi connectivity index (χ4v) is 2.77. The molecule has 0 unspecified atom stereocenters. The van der Waals surface area contributed by atoms with Gasteiger partial charge in [0.05, 0.1) is 7.11 Å². The number of hydrogen-bond donors (Lipinski definition) is 1. The van der Waals surface area contributed by atoms with E-state index in [1.54, 1.807) is 7.11 Å². The Morgan fingerprint density at radius 2 is 2.12 bits per heavy atom. The summed E-state index contributed by atoms with van der Waals surface area (Å²) < 4.78 is 6.40. The van der Waals surface area contributed by atoms with Gasteiger partial charge in [-0.3, -0.25) is 0 Å². The number of thioether (sulfide) groups is 1. The van der Waals surface area contributed by atoms with Crippen LogP contribution >= 0.6 is 27.7 Å². The van der Waals surface area contributed by atoms with Crippen molar-refractivity contribution in [2.45, 2.75) is 25.1 Å². The summed E-state index contributed by atoms with van der Waals surface area (Å²) >= 11 is 5.29. The Bertz CT molecular complexity index is 349. The van der Waals surface area contributed by atoms with Gasteiger partial charge in [0.15, 0.2) is 0 Å². The number of rotatable bonds is 5. The van der Waals surface area contributed by atoms with Crippen LogP contribution in [0.25, 0.3) is 0 Å². The molecule has 0 aromatic heterocycles. The largest absolute Gasteiger partial charge is 0.496 e. The summed E-state index contributed by atoms with van der Waals surface area (Å²) in [6.07, 6.45) is 0. The Kier molecular flexibility index (Phi) is 5.15. The number of methoxy groups -OCH3 is 1. The Morgan fingerprint density at radius 1 is 1.44 bits per heavy atom. The van der Waals surface area contributed by atoms with Gasteiger partial charge in [-0.2, -0.15) is 11.8 Å². The quantitative estimate of drug-likeness (QED) is 0.905. The van der Waals surface area contributed by atoms with Crippen LogP contribution in [0.15, 0.2) is 22.7 Å².